The van der Waals surface area contributed by atoms with Crippen LogP contribution in [0.1, 0.15) is 47.0 Å². The number of esters is 1. The normalized spacial score (nSPS) is 39.8. The second-order valence-electron chi connectivity index (χ2n) is 5.42. The van der Waals surface area contributed by atoms with Crippen molar-refractivity contribution >= 4 is 5.97 Å². The first-order valence-corrected chi connectivity index (χ1v) is 5.79. The van der Waals surface area contributed by atoms with Crippen LogP contribution in [0.25, 0.3) is 0 Å². The highest BCUT2D eigenvalue weighted by Gasteiger charge is 2.48. The SMILES string of the molecule is CC(=O)O[C@H]1C[C@](O)(C(C)C)CC[C@]1(C)O. The van der Waals surface area contributed by atoms with Crippen LogP contribution in [-0.2, 0) is 9.53 Å². The van der Waals surface area contributed by atoms with Crippen molar-refractivity contribution in [1.82, 2.24) is 0 Å². The van der Waals surface area contributed by atoms with Crippen LogP contribution in [0.15, 0.2) is 0 Å². The summed E-state index contributed by atoms with van der Waals surface area (Å²) in [6, 6.07) is 0. The average molecular weight is 230 g/mol. The Labute approximate surface area is 96.6 Å². The molecule has 0 amide bonds. The van der Waals surface area contributed by atoms with Crippen LogP contribution >= 0.6 is 0 Å². The van der Waals surface area contributed by atoms with Crippen molar-refractivity contribution < 1.29 is 19.7 Å². The molecule has 4 heteroatoms. The quantitative estimate of drug-likeness (QED) is 0.700. The van der Waals surface area contributed by atoms with E-state index >= 15 is 0 Å². The minimum atomic E-state index is -1.03. The van der Waals surface area contributed by atoms with Crippen molar-refractivity contribution in [3.63, 3.8) is 0 Å². The van der Waals surface area contributed by atoms with Gasteiger partial charge in [-0.3, -0.25) is 4.79 Å². The van der Waals surface area contributed by atoms with E-state index in [2.05, 4.69) is 0 Å². The topological polar surface area (TPSA) is 66.8 Å². The van der Waals surface area contributed by atoms with Gasteiger partial charge in [-0.15, -0.1) is 0 Å². The molecule has 1 saturated carbocycles. The summed E-state index contributed by atoms with van der Waals surface area (Å²) in [6.07, 6.45) is 0.665. The van der Waals surface area contributed by atoms with Crippen molar-refractivity contribution in [1.29, 1.82) is 0 Å². The maximum absolute atomic E-state index is 11.0. The van der Waals surface area contributed by atoms with Crippen molar-refractivity contribution in [2.24, 2.45) is 5.92 Å². The minimum Gasteiger partial charge on any atom is -0.459 e. The highest BCUT2D eigenvalue weighted by molar-refractivity contribution is 5.66. The highest BCUT2D eigenvalue weighted by Crippen LogP contribution is 2.40. The molecule has 1 fully saturated rings. The summed E-state index contributed by atoms with van der Waals surface area (Å²) in [5.74, 6) is -0.333. The maximum Gasteiger partial charge on any atom is 0.303 e. The van der Waals surface area contributed by atoms with Gasteiger partial charge < -0.3 is 14.9 Å². The molecule has 1 aliphatic carbocycles. The molecule has 0 heterocycles. The van der Waals surface area contributed by atoms with Gasteiger partial charge in [0.05, 0.1) is 11.2 Å². The molecule has 0 aromatic heterocycles. The Balaban J connectivity index is 2.81. The summed E-state index contributed by atoms with van der Waals surface area (Å²) in [6.45, 7) is 6.84. The second-order valence-corrected chi connectivity index (χ2v) is 5.42. The summed E-state index contributed by atoms with van der Waals surface area (Å²) >= 11 is 0. The number of carbonyl (C=O) groups excluding carboxylic acids is 1. The number of hydrogen-bond acceptors (Lipinski definition) is 4. The largest absolute Gasteiger partial charge is 0.459 e. The number of ether oxygens (including phenoxy) is 1. The predicted molar refractivity (Wildman–Crippen MR) is 59.8 cm³/mol. The summed E-state index contributed by atoms with van der Waals surface area (Å²) in [5, 5.41) is 20.5. The molecule has 1 rings (SSSR count). The molecule has 1 aliphatic rings. The third kappa shape index (κ3) is 2.74. The molecule has 2 N–H and O–H groups in total. The zero-order valence-corrected chi connectivity index (χ0v) is 10.5. The Morgan fingerprint density at radius 1 is 1.38 bits per heavy atom. The molecule has 0 spiro atoms. The smallest absolute Gasteiger partial charge is 0.303 e. The molecular formula is C12H22O4. The third-order valence-electron chi connectivity index (χ3n) is 3.68. The van der Waals surface area contributed by atoms with Crippen molar-refractivity contribution in [3.8, 4) is 0 Å². The predicted octanol–water partition coefficient (Wildman–Crippen LogP) is 1.24. The van der Waals surface area contributed by atoms with E-state index in [1.54, 1.807) is 6.92 Å². The molecule has 0 bridgehead atoms. The first kappa shape index (κ1) is 13.5. The van der Waals surface area contributed by atoms with E-state index in [9.17, 15) is 15.0 Å². The van der Waals surface area contributed by atoms with Crippen LogP contribution in [0.2, 0.25) is 0 Å². The van der Waals surface area contributed by atoms with E-state index < -0.39 is 23.3 Å². The molecule has 4 nitrogen and oxygen atoms in total. The fourth-order valence-electron chi connectivity index (χ4n) is 2.17. The minimum absolute atomic E-state index is 0.0849. The van der Waals surface area contributed by atoms with E-state index in [1.807, 2.05) is 13.8 Å². The monoisotopic (exact) mass is 230 g/mol. The summed E-state index contributed by atoms with van der Waals surface area (Å²) < 4.78 is 5.10. The van der Waals surface area contributed by atoms with Crippen LogP contribution < -0.4 is 0 Å². The van der Waals surface area contributed by atoms with Gasteiger partial charge in [-0.2, -0.15) is 0 Å². The molecular weight excluding hydrogens is 208 g/mol. The average Bonchev–Trinajstić information content (AvgIpc) is 2.11. The van der Waals surface area contributed by atoms with Crippen LogP contribution in [0, 0.1) is 5.92 Å². The zero-order valence-electron chi connectivity index (χ0n) is 10.5. The number of rotatable bonds is 2. The fourth-order valence-corrected chi connectivity index (χ4v) is 2.17. The summed E-state index contributed by atoms with van der Waals surface area (Å²) in [5.41, 5.74) is -1.88. The van der Waals surface area contributed by atoms with Gasteiger partial charge in [0.25, 0.3) is 0 Å². The van der Waals surface area contributed by atoms with E-state index in [0.717, 1.165) is 0 Å². The summed E-state index contributed by atoms with van der Waals surface area (Å²) in [4.78, 5) is 11.0. The van der Waals surface area contributed by atoms with Gasteiger partial charge in [-0.25, -0.2) is 0 Å². The van der Waals surface area contributed by atoms with Crippen molar-refractivity contribution in [3.05, 3.63) is 0 Å². The van der Waals surface area contributed by atoms with Crippen LogP contribution in [0.3, 0.4) is 0 Å². The van der Waals surface area contributed by atoms with Gasteiger partial charge in [-0.1, -0.05) is 13.8 Å². The standard InChI is InChI=1S/C12H22O4/c1-8(2)12(15)6-5-11(4,14)10(7-12)16-9(3)13/h8,10,14-15H,5-7H2,1-4H3/t10-,11-,12-/m0/s1. The van der Waals surface area contributed by atoms with E-state index in [4.69, 9.17) is 4.74 Å². The lowest BCUT2D eigenvalue weighted by Gasteiger charge is -2.46. The summed E-state index contributed by atoms with van der Waals surface area (Å²) in [7, 11) is 0. The Morgan fingerprint density at radius 2 is 1.94 bits per heavy atom. The molecule has 0 radical (unpaired) electrons. The molecule has 0 aromatic carbocycles. The van der Waals surface area contributed by atoms with Gasteiger partial charge >= 0.3 is 5.97 Å². The fraction of sp³-hybridized carbons (Fsp3) is 0.917. The van der Waals surface area contributed by atoms with Crippen LogP contribution in [0.5, 0.6) is 0 Å². The van der Waals surface area contributed by atoms with Crippen LogP contribution in [0.4, 0.5) is 0 Å². The van der Waals surface area contributed by atoms with Gasteiger partial charge in [-0.05, 0) is 25.7 Å². The zero-order chi connectivity index (χ0) is 12.6. The van der Waals surface area contributed by atoms with Gasteiger partial charge in [0.15, 0.2) is 0 Å². The lowest BCUT2D eigenvalue weighted by Crippen LogP contribution is -2.54. The number of hydrogen-bond donors (Lipinski definition) is 2. The van der Waals surface area contributed by atoms with Gasteiger partial charge in [0.1, 0.15) is 6.10 Å². The molecule has 0 saturated heterocycles. The lowest BCUT2D eigenvalue weighted by molar-refractivity contribution is -0.190. The lowest BCUT2D eigenvalue weighted by atomic mass is 9.70. The molecule has 0 unspecified atom stereocenters. The molecule has 3 atom stereocenters. The first-order chi connectivity index (χ1) is 7.17. The molecule has 0 aromatic rings. The van der Waals surface area contributed by atoms with Crippen LogP contribution in [-0.4, -0.2) is 33.5 Å². The van der Waals surface area contributed by atoms with Crippen molar-refractivity contribution in [2.75, 3.05) is 0 Å². The Hall–Kier alpha value is -0.610. The van der Waals surface area contributed by atoms with E-state index in [-0.39, 0.29) is 5.92 Å². The molecule has 94 valence electrons. The van der Waals surface area contributed by atoms with Gasteiger partial charge in [0.2, 0.25) is 0 Å². The second kappa shape index (κ2) is 4.34. The Morgan fingerprint density at radius 3 is 2.38 bits per heavy atom. The Kier molecular flexibility index (Phi) is 3.65. The number of carbonyl (C=O) groups is 1. The van der Waals surface area contributed by atoms with Crippen molar-refractivity contribution in [2.45, 2.75) is 64.3 Å². The maximum atomic E-state index is 11.0. The Bertz CT molecular complexity index is 272. The molecule has 16 heavy (non-hydrogen) atoms. The first-order valence-electron chi connectivity index (χ1n) is 5.79. The van der Waals surface area contributed by atoms with E-state index in [1.165, 1.54) is 6.92 Å². The number of aliphatic hydroxyl groups is 2. The van der Waals surface area contributed by atoms with Gasteiger partial charge in [0, 0.05) is 13.3 Å². The highest BCUT2D eigenvalue weighted by atomic mass is 16.6. The molecule has 0 aliphatic heterocycles. The third-order valence-corrected chi connectivity index (χ3v) is 3.68. The van der Waals surface area contributed by atoms with E-state index in [0.29, 0.717) is 19.3 Å².